The molecule has 2 atom stereocenters. The van der Waals surface area contributed by atoms with Gasteiger partial charge >= 0.3 is 0 Å². The van der Waals surface area contributed by atoms with Crippen LogP contribution in [-0.4, -0.2) is 29.6 Å². The van der Waals surface area contributed by atoms with Crippen LogP contribution in [0.4, 0.5) is 0 Å². The zero-order chi connectivity index (χ0) is 24.0. The van der Waals surface area contributed by atoms with Crippen molar-refractivity contribution in [2.45, 2.75) is 109 Å². The van der Waals surface area contributed by atoms with Crippen molar-refractivity contribution in [3.05, 3.63) is 27.9 Å². The van der Waals surface area contributed by atoms with Gasteiger partial charge in [-0.25, -0.2) is 4.68 Å². The first-order chi connectivity index (χ1) is 15.6. The molecule has 2 heterocycles. The lowest BCUT2D eigenvalue weighted by Gasteiger charge is -2.39. The molecule has 0 amide bonds. The van der Waals surface area contributed by atoms with Gasteiger partial charge in [0.15, 0.2) is 11.8 Å². The van der Waals surface area contributed by atoms with Gasteiger partial charge in [0.05, 0.1) is 11.7 Å². The highest BCUT2D eigenvalue weighted by atomic mass is 79.9. The van der Waals surface area contributed by atoms with Gasteiger partial charge in [-0.3, -0.25) is 0 Å². The van der Waals surface area contributed by atoms with Gasteiger partial charge in [-0.1, -0.05) is 47.5 Å². The summed E-state index contributed by atoms with van der Waals surface area (Å²) in [6.07, 6.45) is 7.75. The minimum absolute atomic E-state index is 0.00166. The number of fused-ring (bicyclic) bond motifs is 2. The molecule has 0 saturated carbocycles. The second kappa shape index (κ2) is 9.49. The second-order valence-electron chi connectivity index (χ2n) is 10.9. The van der Waals surface area contributed by atoms with E-state index in [0.29, 0.717) is 23.0 Å². The number of hydrogen-bond acceptors (Lipinski definition) is 3. The van der Waals surface area contributed by atoms with Gasteiger partial charge in [0.2, 0.25) is 0 Å². The number of aliphatic hydroxyl groups is 1. The Balaban J connectivity index is 1.83. The predicted octanol–water partition coefficient (Wildman–Crippen LogP) is 7.24. The zero-order valence-corrected chi connectivity index (χ0v) is 23.6. The monoisotopic (exact) mass is 530 g/mol. The van der Waals surface area contributed by atoms with Gasteiger partial charge in [-0.15, -0.1) is 5.54 Å². The molecule has 33 heavy (non-hydrogen) atoms. The predicted molar refractivity (Wildman–Crippen MR) is 142 cm³/mol. The van der Waals surface area contributed by atoms with Crippen LogP contribution in [0.2, 0.25) is 16.6 Å². The Morgan fingerprint density at radius 1 is 1.15 bits per heavy atom. The van der Waals surface area contributed by atoms with Crippen LogP contribution >= 0.6 is 15.9 Å². The van der Waals surface area contributed by atoms with Crippen LogP contribution in [0.1, 0.15) is 91.0 Å². The number of aryl methyl sites for hydroxylation is 1. The van der Waals surface area contributed by atoms with E-state index in [-0.39, 0.29) is 6.23 Å². The molecule has 2 aliphatic rings. The lowest BCUT2D eigenvalue weighted by Crippen LogP contribution is -2.44. The minimum Gasteiger partial charge on any atom is -0.373 e. The quantitative estimate of drug-likeness (QED) is 0.334. The van der Waals surface area contributed by atoms with E-state index in [0.717, 1.165) is 53.2 Å². The van der Waals surface area contributed by atoms with E-state index in [2.05, 4.69) is 75.0 Å². The van der Waals surface area contributed by atoms with Crippen molar-refractivity contribution in [2.75, 3.05) is 6.61 Å². The largest absolute Gasteiger partial charge is 0.373 e. The van der Waals surface area contributed by atoms with Crippen LogP contribution in [0.25, 0.3) is 10.9 Å². The molecular formula is C27H39BrN2O2Si. The Morgan fingerprint density at radius 3 is 2.45 bits per heavy atom. The molecule has 1 aromatic carbocycles. The summed E-state index contributed by atoms with van der Waals surface area (Å²) in [5.74, 6) is 3.50. The van der Waals surface area contributed by atoms with Crippen molar-refractivity contribution >= 4 is 34.9 Å². The van der Waals surface area contributed by atoms with Crippen LogP contribution in [0.15, 0.2) is 16.7 Å². The Morgan fingerprint density at radius 2 is 1.85 bits per heavy atom. The highest BCUT2D eigenvalue weighted by Crippen LogP contribution is 2.45. The lowest BCUT2D eigenvalue weighted by atomic mass is 9.79. The van der Waals surface area contributed by atoms with E-state index in [9.17, 15) is 5.11 Å². The number of benzene rings is 1. The molecule has 1 aliphatic carbocycles. The van der Waals surface area contributed by atoms with Gasteiger partial charge in [0.1, 0.15) is 8.07 Å². The van der Waals surface area contributed by atoms with E-state index in [4.69, 9.17) is 9.84 Å². The Kier molecular flexibility index (Phi) is 7.18. The maximum Gasteiger partial charge on any atom is 0.151 e. The molecule has 1 N–H and O–H groups in total. The maximum atomic E-state index is 12.0. The number of aromatic nitrogens is 2. The Labute approximate surface area is 208 Å². The summed E-state index contributed by atoms with van der Waals surface area (Å²) < 4.78 is 9.00. The highest BCUT2D eigenvalue weighted by Gasteiger charge is 2.43. The first-order valence-electron chi connectivity index (χ1n) is 12.7. The third-order valence-electron chi connectivity index (χ3n) is 8.10. The van der Waals surface area contributed by atoms with Crippen molar-refractivity contribution in [3.63, 3.8) is 0 Å². The fourth-order valence-electron chi connectivity index (χ4n) is 6.42. The van der Waals surface area contributed by atoms with Crippen molar-refractivity contribution in [3.8, 4) is 11.5 Å². The van der Waals surface area contributed by atoms with E-state index >= 15 is 0 Å². The molecule has 2 aromatic rings. The van der Waals surface area contributed by atoms with Gasteiger partial charge in [-0.05, 0) is 82.7 Å². The summed E-state index contributed by atoms with van der Waals surface area (Å²) >= 11 is 3.88. The second-order valence-corrected chi connectivity index (χ2v) is 17.3. The van der Waals surface area contributed by atoms with Crippen molar-refractivity contribution in [1.29, 1.82) is 0 Å². The van der Waals surface area contributed by atoms with Crippen molar-refractivity contribution in [1.82, 2.24) is 9.78 Å². The highest BCUT2D eigenvalue weighted by molar-refractivity contribution is 9.10. The average molecular weight is 532 g/mol. The van der Waals surface area contributed by atoms with E-state index in [1.54, 1.807) is 0 Å². The normalized spacial score (nSPS) is 23.8. The molecule has 1 aliphatic heterocycles. The lowest BCUT2D eigenvalue weighted by molar-refractivity contribution is -0.0366. The molecular weight excluding hydrogens is 492 g/mol. The standard InChI is InChI=1S/C27H39BrN2O2Si/c1-18(2)33(19(3)4,20(5)6)15-13-27(31)12-9-10-21-16-23-22(26(28)25(21)27)17-29-30(23)24-11-7-8-14-32-24/h16-20,24,31H,7-12,14H2,1-6H3. The number of ether oxygens (including phenoxy) is 1. The third-order valence-corrected chi connectivity index (χ3v) is 15.2. The van der Waals surface area contributed by atoms with Crippen LogP contribution in [-0.2, 0) is 16.8 Å². The third kappa shape index (κ3) is 4.24. The summed E-state index contributed by atoms with van der Waals surface area (Å²) in [4.78, 5) is 0. The minimum atomic E-state index is -1.94. The molecule has 0 spiro atoms. The van der Waals surface area contributed by atoms with E-state index in [1.807, 2.05) is 10.9 Å². The van der Waals surface area contributed by atoms with E-state index < -0.39 is 13.7 Å². The van der Waals surface area contributed by atoms with Gasteiger partial charge in [0.25, 0.3) is 0 Å². The van der Waals surface area contributed by atoms with Gasteiger partial charge in [-0.2, -0.15) is 5.10 Å². The molecule has 4 nitrogen and oxygen atoms in total. The molecule has 1 fully saturated rings. The summed E-state index contributed by atoms with van der Waals surface area (Å²) in [6.45, 7) is 14.7. The zero-order valence-electron chi connectivity index (χ0n) is 21.0. The Bertz CT molecular complexity index is 1050. The fraction of sp³-hybridized carbons (Fsp3) is 0.667. The summed E-state index contributed by atoms with van der Waals surface area (Å²) in [5.41, 5.74) is 7.50. The Hall–Kier alpha value is -1.13. The summed E-state index contributed by atoms with van der Waals surface area (Å²) in [7, 11) is -1.94. The molecule has 6 heteroatoms. The SMILES string of the molecule is CC(C)[Si](C#CC1(O)CCCc2cc3c(cnn3C3CCCCO3)c(Br)c21)(C(C)C)C(C)C. The summed E-state index contributed by atoms with van der Waals surface area (Å²) in [5, 5.41) is 17.7. The molecule has 1 saturated heterocycles. The number of rotatable bonds is 4. The molecule has 180 valence electrons. The topological polar surface area (TPSA) is 47.3 Å². The van der Waals surface area contributed by atoms with Crippen LogP contribution in [0.5, 0.6) is 0 Å². The van der Waals surface area contributed by atoms with E-state index in [1.165, 1.54) is 12.0 Å². The molecule has 1 aromatic heterocycles. The number of nitrogens with zero attached hydrogens (tertiary/aromatic N) is 2. The molecule has 0 radical (unpaired) electrons. The van der Waals surface area contributed by atoms with Crippen molar-refractivity contribution in [2.24, 2.45) is 0 Å². The fourth-order valence-corrected chi connectivity index (χ4v) is 12.6. The average Bonchev–Trinajstić information content (AvgIpc) is 3.18. The maximum absolute atomic E-state index is 12.0. The van der Waals surface area contributed by atoms with Gasteiger partial charge in [0, 0.05) is 22.0 Å². The first kappa shape index (κ1) is 25.0. The number of halogens is 1. The number of hydrogen-bond donors (Lipinski definition) is 1. The van der Waals surface area contributed by atoms with Crippen LogP contribution in [0, 0.1) is 11.5 Å². The van der Waals surface area contributed by atoms with Crippen molar-refractivity contribution < 1.29 is 9.84 Å². The summed E-state index contributed by atoms with van der Waals surface area (Å²) in [6, 6.07) is 2.23. The smallest absolute Gasteiger partial charge is 0.151 e. The van der Waals surface area contributed by atoms with Gasteiger partial charge < -0.3 is 9.84 Å². The molecule has 0 bridgehead atoms. The van der Waals surface area contributed by atoms with Crippen LogP contribution in [0.3, 0.4) is 0 Å². The first-order valence-corrected chi connectivity index (χ1v) is 15.7. The molecule has 4 rings (SSSR count). The van der Waals surface area contributed by atoms with Crippen LogP contribution < -0.4 is 0 Å². The molecule has 2 unspecified atom stereocenters.